The first kappa shape index (κ1) is 27.4. The summed E-state index contributed by atoms with van der Waals surface area (Å²) in [5.41, 5.74) is 0. The van der Waals surface area contributed by atoms with Gasteiger partial charge in [-0.1, -0.05) is 36.4 Å². The number of carbonyl (C=O) groups excluding carboxylic acids is 2. The molecule has 1 heterocycles. The molecule has 1 atom stereocenters. The number of para-hydroxylation sites is 2. The van der Waals surface area contributed by atoms with Gasteiger partial charge in [-0.15, -0.1) is 12.4 Å². The van der Waals surface area contributed by atoms with Crippen LogP contribution in [-0.2, 0) is 19.1 Å². The molecule has 0 aliphatic carbocycles. The first-order valence-corrected chi connectivity index (χ1v) is 9.62. The molecule has 11 heteroatoms. The summed E-state index contributed by atoms with van der Waals surface area (Å²) in [6, 6.07) is 16.5. The quantitative estimate of drug-likeness (QED) is 0.346. The maximum Gasteiger partial charge on any atom is 0.408 e. The van der Waals surface area contributed by atoms with Crippen molar-refractivity contribution in [3.05, 3.63) is 60.7 Å². The third kappa shape index (κ3) is 10.0. The number of aliphatic carboxylic acids is 1. The number of carboxylic acids is 1. The zero-order valence-corrected chi connectivity index (χ0v) is 18.3. The highest BCUT2D eigenvalue weighted by Crippen LogP contribution is 2.11. The zero-order valence-electron chi connectivity index (χ0n) is 17.5. The van der Waals surface area contributed by atoms with E-state index in [1.807, 2.05) is 24.3 Å². The monoisotopic (exact) mass is 481 g/mol. The number of amides is 1. The Labute approximate surface area is 196 Å². The van der Waals surface area contributed by atoms with Gasteiger partial charge in [0.25, 0.3) is 0 Å². The van der Waals surface area contributed by atoms with Gasteiger partial charge in [0.05, 0.1) is 13.2 Å². The topological polar surface area (TPSA) is 140 Å². The van der Waals surface area contributed by atoms with Crippen molar-refractivity contribution >= 4 is 36.2 Å². The van der Waals surface area contributed by atoms with Crippen LogP contribution in [0.5, 0.6) is 11.5 Å². The van der Waals surface area contributed by atoms with Crippen LogP contribution in [0.15, 0.2) is 60.7 Å². The second-order valence-electron chi connectivity index (χ2n) is 6.51. The van der Waals surface area contributed by atoms with Crippen molar-refractivity contribution in [1.82, 2.24) is 4.90 Å². The average molecular weight is 482 g/mol. The van der Waals surface area contributed by atoms with Gasteiger partial charge in [0.15, 0.2) is 11.8 Å². The molecule has 2 aromatic carbocycles. The van der Waals surface area contributed by atoms with E-state index in [4.69, 9.17) is 24.4 Å². The number of esters is 1. The van der Waals surface area contributed by atoms with Crippen molar-refractivity contribution in [2.24, 2.45) is 0 Å². The van der Waals surface area contributed by atoms with Crippen LogP contribution in [0.3, 0.4) is 0 Å². The molecule has 0 saturated carbocycles. The van der Waals surface area contributed by atoms with Gasteiger partial charge in [0.2, 0.25) is 0 Å². The molecule has 10 nitrogen and oxygen atoms in total. The van der Waals surface area contributed by atoms with Crippen LogP contribution in [0.2, 0.25) is 0 Å². The number of ether oxygens (including phenoxy) is 3. The zero-order chi connectivity index (χ0) is 23.3. The van der Waals surface area contributed by atoms with E-state index in [1.54, 1.807) is 36.4 Å². The Bertz CT molecular complexity index is 887. The molecule has 2 N–H and O–H groups in total. The predicted octanol–water partition coefficient (Wildman–Crippen LogP) is 2.50. The lowest BCUT2D eigenvalue weighted by Gasteiger charge is -2.30. The number of rotatable bonds is 7. The molecule has 0 aromatic heterocycles. The molecule has 0 spiro atoms. The Morgan fingerprint density at radius 3 is 2.03 bits per heavy atom. The molecule has 0 bridgehead atoms. The number of morpholine rings is 1. The molecule has 33 heavy (non-hydrogen) atoms. The minimum absolute atomic E-state index is 0. The summed E-state index contributed by atoms with van der Waals surface area (Å²) in [5, 5.41) is 17.1. The van der Waals surface area contributed by atoms with Gasteiger partial charge in [-0.2, -0.15) is 0 Å². The van der Waals surface area contributed by atoms with Gasteiger partial charge >= 0.3 is 18.0 Å². The largest absolute Gasteiger partial charge is 0.486 e. The van der Waals surface area contributed by atoms with E-state index in [0.29, 0.717) is 11.5 Å². The fourth-order valence-electron chi connectivity index (χ4n) is 2.59. The number of carbonyl (C=O) groups is 4. The van der Waals surface area contributed by atoms with Crippen LogP contribution in [0.4, 0.5) is 4.79 Å². The summed E-state index contributed by atoms with van der Waals surface area (Å²) >= 11 is 0. The summed E-state index contributed by atoms with van der Waals surface area (Å²) < 4.78 is 15.1. The van der Waals surface area contributed by atoms with Crippen LogP contribution in [-0.4, -0.2) is 71.3 Å². The molecule has 1 fully saturated rings. The fraction of sp³-hybridized carbons (Fsp3) is 0.273. The van der Waals surface area contributed by atoms with Crippen molar-refractivity contribution < 1.29 is 43.6 Å². The van der Waals surface area contributed by atoms with Crippen molar-refractivity contribution in [2.75, 3.05) is 26.4 Å². The highest BCUT2D eigenvalue weighted by molar-refractivity contribution is 5.97. The van der Waals surface area contributed by atoms with Gasteiger partial charge in [-0.05, 0) is 24.3 Å². The normalized spacial score (nSPS) is 14.5. The van der Waals surface area contributed by atoms with E-state index < -0.39 is 24.1 Å². The lowest BCUT2D eigenvalue weighted by atomic mass is 10.2. The van der Waals surface area contributed by atoms with Crippen molar-refractivity contribution in [1.29, 1.82) is 0 Å². The standard InChI is InChI=1S/C16H14O4.C6H9NO5.ClH/c17-13(12-19-14-7-3-1-4-8-14)11-16(18)20-15-9-5-2-6-10-15;8-5(9)4-3-12-2-1-7(4)6(10)11;/h1-10H,11-12H2;4H,1-3H2,(H,8,9)(H,10,11);1H. The van der Waals surface area contributed by atoms with Crippen molar-refractivity contribution in [3.63, 3.8) is 0 Å². The molecular weight excluding hydrogens is 458 g/mol. The Hall–Kier alpha value is -3.63. The minimum Gasteiger partial charge on any atom is -0.486 e. The molecule has 3 rings (SSSR count). The maximum absolute atomic E-state index is 11.6. The number of ketones is 1. The van der Waals surface area contributed by atoms with Gasteiger partial charge in [-0.3, -0.25) is 14.5 Å². The highest BCUT2D eigenvalue weighted by atomic mass is 35.5. The van der Waals surface area contributed by atoms with Crippen LogP contribution in [0.25, 0.3) is 0 Å². The van der Waals surface area contributed by atoms with Gasteiger partial charge in [0, 0.05) is 6.54 Å². The third-order valence-corrected chi connectivity index (χ3v) is 4.12. The molecule has 1 aliphatic heterocycles. The van der Waals surface area contributed by atoms with Crippen LogP contribution >= 0.6 is 12.4 Å². The summed E-state index contributed by atoms with van der Waals surface area (Å²) in [6.45, 7) is 0.165. The number of carboxylic acid groups (broad SMARTS) is 2. The third-order valence-electron chi connectivity index (χ3n) is 4.12. The van der Waals surface area contributed by atoms with E-state index >= 15 is 0 Å². The average Bonchev–Trinajstić information content (AvgIpc) is 2.79. The van der Waals surface area contributed by atoms with E-state index in [9.17, 15) is 19.2 Å². The second kappa shape index (κ2) is 14.4. The number of hydrogen-bond donors (Lipinski definition) is 2. The maximum atomic E-state index is 11.6. The van der Waals surface area contributed by atoms with E-state index in [1.165, 1.54) is 0 Å². The molecule has 0 radical (unpaired) electrons. The molecule has 2 aromatic rings. The fourth-order valence-corrected chi connectivity index (χ4v) is 2.59. The van der Waals surface area contributed by atoms with Gasteiger partial charge in [-0.25, -0.2) is 9.59 Å². The lowest BCUT2D eigenvalue weighted by Crippen LogP contribution is -2.52. The van der Waals surface area contributed by atoms with E-state index in [-0.39, 0.29) is 51.0 Å². The summed E-state index contributed by atoms with van der Waals surface area (Å²) in [6.07, 6.45) is -1.52. The molecule has 1 amide bonds. The summed E-state index contributed by atoms with van der Waals surface area (Å²) in [5.74, 6) is -1.06. The number of nitrogens with zero attached hydrogens (tertiary/aromatic N) is 1. The van der Waals surface area contributed by atoms with Crippen LogP contribution in [0.1, 0.15) is 6.42 Å². The molecule has 1 saturated heterocycles. The van der Waals surface area contributed by atoms with Crippen LogP contribution < -0.4 is 9.47 Å². The predicted molar refractivity (Wildman–Crippen MR) is 118 cm³/mol. The lowest BCUT2D eigenvalue weighted by molar-refractivity contribution is -0.148. The van der Waals surface area contributed by atoms with Crippen molar-refractivity contribution in [2.45, 2.75) is 12.5 Å². The van der Waals surface area contributed by atoms with Gasteiger partial charge in [0.1, 0.15) is 24.5 Å². The Balaban J connectivity index is 0.000000361. The number of hydrogen-bond acceptors (Lipinski definition) is 7. The number of halogens is 1. The second-order valence-corrected chi connectivity index (χ2v) is 6.51. The first-order chi connectivity index (χ1) is 15.4. The highest BCUT2D eigenvalue weighted by Gasteiger charge is 2.32. The van der Waals surface area contributed by atoms with E-state index in [2.05, 4.69) is 0 Å². The van der Waals surface area contributed by atoms with Crippen molar-refractivity contribution in [3.8, 4) is 11.5 Å². The number of Topliss-reactive ketones (excluding diaryl/α,β-unsaturated/α-hetero) is 1. The molecule has 1 unspecified atom stereocenters. The summed E-state index contributed by atoms with van der Waals surface area (Å²) in [4.78, 5) is 45.0. The minimum atomic E-state index is -1.22. The smallest absolute Gasteiger partial charge is 0.408 e. The Morgan fingerprint density at radius 1 is 0.939 bits per heavy atom. The van der Waals surface area contributed by atoms with Crippen LogP contribution in [0, 0.1) is 0 Å². The van der Waals surface area contributed by atoms with E-state index in [0.717, 1.165) is 4.90 Å². The first-order valence-electron chi connectivity index (χ1n) is 9.62. The number of benzene rings is 2. The molecular formula is C22H24ClNO9. The molecule has 1 aliphatic rings. The Kier molecular flexibility index (Phi) is 12.0. The molecule has 178 valence electrons. The van der Waals surface area contributed by atoms with Gasteiger partial charge < -0.3 is 24.4 Å². The Morgan fingerprint density at radius 2 is 1.52 bits per heavy atom. The SMILES string of the molecule is Cl.O=C(COc1ccccc1)CC(=O)Oc1ccccc1.O=C(O)C1COCCN1C(=O)O. The summed E-state index contributed by atoms with van der Waals surface area (Å²) in [7, 11) is 0.